The summed E-state index contributed by atoms with van der Waals surface area (Å²) >= 11 is 1.66. The van der Waals surface area contributed by atoms with E-state index in [-0.39, 0.29) is 0 Å². The molecule has 0 aliphatic rings. The first-order valence-corrected chi connectivity index (χ1v) is 6.11. The average molecular weight is 236 g/mol. The van der Waals surface area contributed by atoms with Crippen LogP contribution in [-0.2, 0) is 13.6 Å². The summed E-state index contributed by atoms with van der Waals surface area (Å²) in [5, 5.41) is 1.00. The quantitative estimate of drug-likeness (QED) is 0.888. The van der Waals surface area contributed by atoms with E-state index in [0.29, 0.717) is 12.5 Å². The maximum absolute atomic E-state index is 5.74. The molecule has 0 amide bonds. The van der Waals surface area contributed by atoms with Crippen molar-refractivity contribution >= 4 is 11.3 Å². The van der Waals surface area contributed by atoms with Gasteiger partial charge in [-0.1, -0.05) is 13.8 Å². The Kier molecular flexibility index (Phi) is 3.07. The smallest absolute Gasteiger partial charge is 0.142 e. The first-order valence-electron chi connectivity index (χ1n) is 5.29. The van der Waals surface area contributed by atoms with Crippen molar-refractivity contribution in [1.29, 1.82) is 0 Å². The van der Waals surface area contributed by atoms with Crippen molar-refractivity contribution in [2.75, 3.05) is 0 Å². The third-order valence-corrected chi connectivity index (χ3v) is 3.61. The number of hydrogen-bond acceptors (Lipinski definition) is 4. The van der Waals surface area contributed by atoms with Crippen LogP contribution < -0.4 is 5.73 Å². The second-order valence-electron chi connectivity index (χ2n) is 4.08. The Hall–Kier alpha value is -1.20. The molecule has 86 valence electrons. The summed E-state index contributed by atoms with van der Waals surface area (Å²) in [6.45, 7) is 4.84. The molecule has 0 bridgehead atoms. The van der Waals surface area contributed by atoms with E-state index >= 15 is 0 Å². The van der Waals surface area contributed by atoms with E-state index in [4.69, 9.17) is 5.73 Å². The Labute approximate surface area is 99.2 Å². The number of imidazole rings is 1. The lowest BCUT2D eigenvalue weighted by molar-refractivity contribution is 0.812. The van der Waals surface area contributed by atoms with E-state index in [1.54, 1.807) is 17.7 Å². The molecule has 2 heterocycles. The SMILES string of the molecule is CC(C)c1nc(-c2cncn2C)sc1CN. The predicted octanol–water partition coefficient (Wildman–Crippen LogP) is 2.13. The van der Waals surface area contributed by atoms with E-state index in [2.05, 4.69) is 23.8 Å². The highest BCUT2D eigenvalue weighted by Gasteiger charge is 2.15. The third kappa shape index (κ3) is 1.88. The van der Waals surface area contributed by atoms with Gasteiger partial charge < -0.3 is 10.3 Å². The van der Waals surface area contributed by atoms with Crippen molar-refractivity contribution in [3.63, 3.8) is 0 Å². The molecule has 0 aromatic carbocycles. The van der Waals surface area contributed by atoms with Crippen LogP contribution in [0, 0.1) is 0 Å². The predicted molar refractivity (Wildman–Crippen MR) is 66.3 cm³/mol. The Bertz CT molecular complexity index is 484. The summed E-state index contributed by atoms with van der Waals surface area (Å²) in [5.74, 6) is 0.414. The molecular weight excluding hydrogens is 220 g/mol. The lowest BCUT2D eigenvalue weighted by Gasteiger charge is -2.01. The van der Waals surface area contributed by atoms with Gasteiger partial charge in [0.15, 0.2) is 0 Å². The molecule has 0 saturated heterocycles. The second-order valence-corrected chi connectivity index (χ2v) is 5.16. The van der Waals surface area contributed by atoms with Crippen LogP contribution in [0.4, 0.5) is 0 Å². The van der Waals surface area contributed by atoms with Crippen molar-refractivity contribution in [3.05, 3.63) is 23.1 Å². The van der Waals surface area contributed by atoms with Gasteiger partial charge in [-0.15, -0.1) is 11.3 Å². The van der Waals surface area contributed by atoms with Gasteiger partial charge in [-0.3, -0.25) is 0 Å². The molecule has 16 heavy (non-hydrogen) atoms. The largest absolute Gasteiger partial charge is 0.332 e. The third-order valence-electron chi connectivity index (χ3n) is 2.50. The number of nitrogens with two attached hydrogens (primary N) is 1. The highest BCUT2D eigenvalue weighted by atomic mass is 32.1. The van der Waals surface area contributed by atoms with Gasteiger partial charge in [-0.05, 0) is 5.92 Å². The monoisotopic (exact) mass is 236 g/mol. The molecule has 0 saturated carbocycles. The van der Waals surface area contributed by atoms with Crippen LogP contribution in [0.3, 0.4) is 0 Å². The van der Waals surface area contributed by atoms with E-state index in [0.717, 1.165) is 16.4 Å². The molecule has 0 unspecified atom stereocenters. The molecule has 0 fully saturated rings. The fourth-order valence-corrected chi connectivity index (χ4v) is 2.78. The minimum absolute atomic E-state index is 0.414. The van der Waals surface area contributed by atoms with Gasteiger partial charge in [0.2, 0.25) is 0 Å². The highest BCUT2D eigenvalue weighted by Crippen LogP contribution is 2.30. The van der Waals surface area contributed by atoms with Gasteiger partial charge in [-0.25, -0.2) is 9.97 Å². The number of rotatable bonds is 3. The first kappa shape index (κ1) is 11.3. The van der Waals surface area contributed by atoms with E-state index in [9.17, 15) is 0 Å². The van der Waals surface area contributed by atoms with Crippen LogP contribution in [0.25, 0.3) is 10.7 Å². The zero-order valence-electron chi connectivity index (χ0n) is 9.77. The molecule has 0 atom stereocenters. The van der Waals surface area contributed by atoms with E-state index in [1.165, 1.54) is 4.88 Å². The average Bonchev–Trinajstić information content (AvgIpc) is 2.82. The lowest BCUT2D eigenvalue weighted by Crippen LogP contribution is -1.99. The zero-order chi connectivity index (χ0) is 11.7. The van der Waals surface area contributed by atoms with Gasteiger partial charge in [0.05, 0.1) is 23.9 Å². The van der Waals surface area contributed by atoms with Crippen molar-refractivity contribution in [3.8, 4) is 10.7 Å². The topological polar surface area (TPSA) is 56.7 Å². The van der Waals surface area contributed by atoms with Crippen molar-refractivity contribution in [2.24, 2.45) is 12.8 Å². The fourth-order valence-electron chi connectivity index (χ4n) is 1.63. The molecule has 4 nitrogen and oxygen atoms in total. The lowest BCUT2D eigenvalue weighted by atomic mass is 10.1. The number of nitrogens with zero attached hydrogens (tertiary/aromatic N) is 3. The fraction of sp³-hybridized carbons (Fsp3) is 0.455. The van der Waals surface area contributed by atoms with Gasteiger partial charge >= 0.3 is 0 Å². The summed E-state index contributed by atoms with van der Waals surface area (Å²) in [6, 6.07) is 0. The molecule has 2 rings (SSSR count). The van der Waals surface area contributed by atoms with Gasteiger partial charge in [0.25, 0.3) is 0 Å². The molecular formula is C11H16N4S. The van der Waals surface area contributed by atoms with Crippen LogP contribution in [-0.4, -0.2) is 14.5 Å². The minimum atomic E-state index is 0.414. The molecule has 0 aliphatic carbocycles. The summed E-state index contributed by atoms with van der Waals surface area (Å²) in [7, 11) is 1.97. The molecule has 2 N–H and O–H groups in total. The summed E-state index contributed by atoms with van der Waals surface area (Å²) in [4.78, 5) is 9.94. The van der Waals surface area contributed by atoms with Crippen LogP contribution >= 0.6 is 11.3 Å². The number of thiazole rings is 1. The van der Waals surface area contributed by atoms with Crippen LogP contribution in [0.2, 0.25) is 0 Å². The second kappa shape index (κ2) is 4.35. The summed E-state index contributed by atoms with van der Waals surface area (Å²) in [5.41, 5.74) is 7.90. The van der Waals surface area contributed by atoms with Crippen molar-refractivity contribution < 1.29 is 0 Å². The van der Waals surface area contributed by atoms with Crippen LogP contribution in [0.15, 0.2) is 12.5 Å². The number of aromatic nitrogens is 3. The van der Waals surface area contributed by atoms with Crippen LogP contribution in [0.5, 0.6) is 0 Å². The van der Waals surface area contributed by atoms with Gasteiger partial charge in [0.1, 0.15) is 5.01 Å². The number of aryl methyl sites for hydroxylation is 1. The molecule has 2 aromatic rings. The van der Waals surface area contributed by atoms with Crippen molar-refractivity contribution in [2.45, 2.75) is 26.3 Å². The molecule has 0 aliphatic heterocycles. The van der Waals surface area contributed by atoms with Crippen molar-refractivity contribution in [1.82, 2.24) is 14.5 Å². The Morgan fingerprint density at radius 3 is 2.69 bits per heavy atom. The maximum atomic E-state index is 5.74. The molecule has 0 radical (unpaired) electrons. The summed E-state index contributed by atoms with van der Waals surface area (Å²) in [6.07, 6.45) is 3.62. The standard InChI is InChI=1S/C11H16N4S/c1-7(2)10-9(4-12)16-11(14-10)8-5-13-6-15(8)3/h5-7H,4,12H2,1-3H3. The van der Waals surface area contributed by atoms with E-state index < -0.39 is 0 Å². The molecule has 0 spiro atoms. The maximum Gasteiger partial charge on any atom is 0.142 e. The first-order chi connectivity index (χ1) is 7.63. The minimum Gasteiger partial charge on any atom is -0.332 e. The van der Waals surface area contributed by atoms with E-state index in [1.807, 2.05) is 17.8 Å². The Balaban J connectivity index is 2.48. The van der Waals surface area contributed by atoms with Gasteiger partial charge in [0, 0.05) is 18.5 Å². The zero-order valence-corrected chi connectivity index (χ0v) is 10.6. The van der Waals surface area contributed by atoms with Gasteiger partial charge in [-0.2, -0.15) is 0 Å². The Morgan fingerprint density at radius 2 is 2.25 bits per heavy atom. The number of hydrogen-bond donors (Lipinski definition) is 1. The molecule has 2 aromatic heterocycles. The summed E-state index contributed by atoms with van der Waals surface area (Å²) < 4.78 is 1.98. The normalized spacial score (nSPS) is 11.3. The highest BCUT2D eigenvalue weighted by molar-refractivity contribution is 7.15. The molecule has 5 heteroatoms. The Morgan fingerprint density at radius 1 is 1.50 bits per heavy atom. The van der Waals surface area contributed by atoms with Crippen LogP contribution in [0.1, 0.15) is 30.3 Å².